The second-order valence-corrected chi connectivity index (χ2v) is 8.26. The summed E-state index contributed by atoms with van der Waals surface area (Å²) in [5, 5.41) is 16.7. The molecule has 1 fully saturated rings. The summed E-state index contributed by atoms with van der Waals surface area (Å²) < 4.78 is 5.58. The molecule has 176 valence electrons. The van der Waals surface area contributed by atoms with Crippen molar-refractivity contribution in [1.29, 1.82) is 0 Å². The summed E-state index contributed by atoms with van der Waals surface area (Å²) in [6.07, 6.45) is 0. The quantitative estimate of drug-likeness (QED) is 0.309. The number of amides is 1. The number of benzene rings is 2. The first-order chi connectivity index (χ1) is 16.4. The number of non-ortho nitro benzene ring substituents is 1. The number of nitrogens with zero attached hydrogens (tertiary/aromatic N) is 3. The average molecular weight is 480 g/mol. The van der Waals surface area contributed by atoms with E-state index >= 15 is 0 Å². The van der Waals surface area contributed by atoms with Crippen LogP contribution in [0.15, 0.2) is 65.1 Å². The zero-order valence-electron chi connectivity index (χ0n) is 18.7. The summed E-state index contributed by atoms with van der Waals surface area (Å²) in [5.74, 6) is -0.116. The summed E-state index contributed by atoms with van der Waals surface area (Å²) in [6, 6.07) is 17.0. The van der Waals surface area contributed by atoms with Gasteiger partial charge < -0.3 is 19.5 Å². The fourth-order valence-corrected chi connectivity index (χ4v) is 4.00. The smallest absolute Gasteiger partial charge is 0.293 e. The minimum atomic E-state index is -0.514. The number of likely N-dealkylation sites (N-methyl/N-ethyl adjacent to an activating group) is 1. The van der Waals surface area contributed by atoms with Crippen molar-refractivity contribution in [1.82, 2.24) is 10.2 Å². The molecule has 1 amide bonds. The van der Waals surface area contributed by atoms with Crippen LogP contribution in [0.25, 0.3) is 11.3 Å². The van der Waals surface area contributed by atoms with Gasteiger partial charge in [0.25, 0.3) is 11.6 Å². The molecular weight excluding hydrogens is 454 g/mol. The Morgan fingerprint density at radius 1 is 1.09 bits per heavy atom. The highest BCUT2D eigenvalue weighted by Gasteiger charge is 2.17. The molecule has 2 aromatic carbocycles. The molecule has 2 heterocycles. The lowest BCUT2D eigenvalue weighted by molar-refractivity contribution is -0.384. The molecule has 2 N–H and O–H groups in total. The van der Waals surface area contributed by atoms with E-state index in [1.54, 1.807) is 18.2 Å². The molecule has 10 heteroatoms. The summed E-state index contributed by atoms with van der Waals surface area (Å²) in [4.78, 5) is 27.8. The van der Waals surface area contributed by atoms with Crippen LogP contribution in [-0.4, -0.2) is 53.6 Å². The second kappa shape index (κ2) is 10.4. The van der Waals surface area contributed by atoms with Crippen molar-refractivity contribution in [2.75, 3.05) is 42.9 Å². The topological polar surface area (TPSA) is 104 Å². The number of furan rings is 1. The van der Waals surface area contributed by atoms with Crippen molar-refractivity contribution in [3.63, 3.8) is 0 Å². The predicted molar refractivity (Wildman–Crippen MR) is 135 cm³/mol. The van der Waals surface area contributed by atoms with Crippen molar-refractivity contribution in [2.24, 2.45) is 0 Å². The third-order valence-electron chi connectivity index (χ3n) is 5.71. The molecule has 0 saturated carbocycles. The number of carbonyl (C=O) groups excluding carboxylic acids is 1. The molecule has 0 spiro atoms. The molecule has 34 heavy (non-hydrogen) atoms. The van der Waals surface area contributed by atoms with E-state index in [4.69, 9.17) is 16.6 Å². The number of nitro groups is 1. The summed E-state index contributed by atoms with van der Waals surface area (Å²) in [5.41, 5.74) is 2.36. The van der Waals surface area contributed by atoms with Crippen LogP contribution >= 0.6 is 12.2 Å². The van der Waals surface area contributed by atoms with Crippen LogP contribution in [0.5, 0.6) is 0 Å². The molecule has 1 aromatic heterocycles. The van der Waals surface area contributed by atoms with E-state index in [9.17, 15) is 14.9 Å². The van der Waals surface area contributed by atoms with Gasteiger partial charge in [0.15, 0.2) is 10.9 Å². The van der Waals surface area contributed by atoms with E-state index in [0.717, 1.165) is 44.1 Å². The molecule has 0 aliphatic carbocycles. The Kier molecular flexibility index (Phi) is 7.19. The van der Waals surface area contributed by atoms with Gasteiger partial charge in [-0.05, 0) is 55.2 Å². The van der Waals surface area contributed by atoms with Gasteiger partial charge in [0.2, 0.25) is 0 Å². The Bertz CT molecular complexity index is 1190. The van der Waals surface area contributed by atoms with Crippen molar-refractivity contribution in [2.45, 2.75) is 6.92 Å². The highest BCUT2D eigenvalue weighted by atomic mass is 32.1. The van der Waals surface area contributed by atoms with Crippen molar-refractivity contribution < 1.29 is 14.1 Å². The van der Waals surface area contributed by atoms with Gasteiger partial charge in [0, 0.05) is 55.2 Å². The SMILES string of the molecule is CCN1CCN(c2ccc(NC(=S)NC(=O)c3ccc(-c4cccc([N+](=O)[O-])c4)o3)cc2)CC1. The van der Waals surface area contributed by atoms with Gasteiger partial charge in [-0.15, -0.1) is 0 Å². The summed E-state index contributed by atoms with van der Waals surface area (Å²) >= 11 is 5.27. The number of hydrogen-bond acceptors (Lipinski definition) is 7. The van der Waals surface area contributed by atoms with Crippen molar-refractivity contribution in [3.8, 4) is 11.3 Å². The van der Waals surface area contributed by atoms with Crippen LogP contribution in [0, 0.1) is 10.1 Å². The van der Waals surface area contributed by atoms with Crippen LogP contribution in [-0.2, 0) is 0 Å². The highest BCUT2D eigenvalue weighted by Crippen LogP contribution is 2.26. The first-order valence-electron chi connectivity index (χ1n) is 11.0. The molecule has 1 aliphatic rings. The van der Waals surface area contributed by atoms with Gasteiger partial charge >= 0.3 is 0 Å². The van der Waals surface area contributed by atoms with Crippen molar-refractivity contribution in [3.05, 3.63) is 76.5 Å². The predicted octanol–water partition coefficient (Wildman–Crippen LogP) is 4.12. The lowest BCUT2D eigenvalue weighted by atomic mass is 10.1. The van der Waals surface area contributed by atoms with Crippen LogP contribution in [0.3, 0.4) is 0 Å². The van der Waals surface area contributed by atoms with Gasteiger partial charge in [-0.25, -0.2) is 0 Å². The standard InChI is InChI=1S/C24H25N5O4S/c1-2-27-12-14-28(15-13-27)19-8-6-18(7-9-19)25-24(34)26-23(30)22-11-10-21(33-22)17-4-3-5-20(16-17)29(31)32/h3-11,16H,2,12-15H2,1H3,(H2,25,26,30,34). The van der Waals surface area contributed by atoms with Crippen LogP contribution in [0.1, 0.15) is 17.5 Å². The van der Waals surface area contributed by atoms with Crippen LogP contribution in [0.2, 0.25) is 0 Å². The fraction of sp³-hybridized carbons (Fsp3) is 0.250. The Morgan fingerprint density at radius 3 is 2.50 bits per heavy atom. The van der Waals surface area contributed by atoms with E-state index in [1.165, 1.54) is 18.2 Å². The van der Waals surface area contributed by atoms with E-state index in [-0.39, 0.29) is 16.6 Å². The third kappa shape index (κ3) is 5.59. The first-order valence-corrected chi connectivity index (χ1v) is 11.4. The van der Waals surface area contributed by atoms with E-state index < -0.39 is 10.8 Å². The number of carbonyl (C=O) groups is 1. The van der Waals surface area contributed by atoms with E-state index in [1.807, 2.05) is 24.3 Å². The zero-order valence-corrected chi connectivity index (χ0v) is 19.5. The fourth-order valence-electron chi connectivity index (χ4n) is 3.79. The normalized spacial score (nSPS) is 14.0. The number of rotatable bonds is 6. The number of piperazine rings is 1. The van der Waals surface area contributed by atoms with Crippen LogP contribution in [0.4, 0.5) is 17.1 Å². The lowest BCUT2D eigenvalue weighted by Crippen LogP contribution is -2.46. The molecule has 0 radical (unpaired) electrons. The molecule has 0 unspecified atom stereocenters. The Hall–Kier alpha value is -3.76. The highest BCUT2D eigenvalue weighted by molar-refractivity contribution is 7.80. The van der Waals surface area contributed by atoms with E-state index in [0.29, 0.717) is 11.3 Å². The maximum absolute atomic E-state index is 12.5. The minimum absolute atomic E-state index is 0.0484. The number of nitro benzene ring substituents is 1. The molecule has 4 rings (SSSR count). The van der Waals surface area contributed by atoms with Gasteiger partial charge in [-0.3, -0.25) is 20.2 Å². The third-order valence-corrected chi connectivity index (χ3v) is 5.91. The number of hydrogen-bond donors (Lipinski definition) is 2. The summed E-state index contributed by atoms with van der Waals surface area (Å²) in [7, 11) is 0. The molecule has 1 aliphatic heterocycles. The second-order valence-electron chi connectivity index (χ2n) is 7.85. The molecule has 1 saturated heterocycles. The molecule has 9 nitrogen and oxygen atoms in total. The van der Waals surface area contributed by atoms with Gasteiger partial charge in [0.1, 0.15) is 5.76 Å². The Balaban J connectivity index is 1.32. The molecule has 0 bridgehead atoms. The van der Waals surface area contributed by atoms with Gasteiger partial charge in [-0.1, -0.05) is 19.1 Å². The zero-order chi connectivity index (χ0) is 24.1. The lowest BCUT2D eigenvalue weighted by Gasteiger charge is -2.35. The van der Waals surface area contributed by atoms with E-state index in [2.05, 4.69) is 27.4 Å². The van der Waals surface area contributed by atoms with Crippen LogP contribution < -0.4 is 15.5 Å². The maximum Gasteiger partial charge on any atom is 0.293 e. The monoisotopic (exact) mass is 479 g/mol. The first kappa shape index (κ1) is 23.4. The largest absolute Gasteiger partial charge is 0.451 e. The maximum atomic E-state index is 12.5. The molecular formula is C24H25N5O4S. The number of anilines is 2. The minimum Gasteiger partial charge on any atom is -0.451 e. The Morgan fingerprint density at radius 2 is 1.82 bits per heavy atom. The number of nitrogens with one attached hydrogen (secondary N) is 2. The Labute approximate surface area is 202 Å². The average Bonchev–Trinajstić information content (AvgIpc) is 3.35. The van der Waals surface area contributed by atoms with Gasteiger partial charge in [0.05, 0.1) is 4.92 Å². The van der Waals surface area contributed by atoms with Crippen molar-refractivity contribution >= 4 is 40.3 Å². The number of thiocarbonyl (C=S) groups is 1. The summed E-state index contributed by atoms with van der Waals surface area (Å²) in [6.45, 7) is 7.37. The van der Waals surface area contributed by atoms with Gasteiger partial charge in [-0.2, -0.15) is 0 Å². The molecule has 3 aromatic rings. The molecule has 0 atom stereocenters.